The summed E-state index contributed by atoms with van der Waals surface area (Å²) >= 11 is 0. The van der Waals surface area contributed by atoms with Crippen LogP contribution in [0, 0.1) is 0 Å². The molecule has 1 atom stereocenters. The summed E-state index contributed by atoms with van der Waals surface area (Å²) in [5.74, 6) is 0.567. The largest absolute Gasteiger partial charge is 0.264 e. The van der Waals surface area contributed by atoms with Gasteiger partial charge in [-0.2, -0.15) is 0 Å². The average molecular weight is 814 g/mol. The molecule has 2 aliphatic rings. The van der Waals surface area contributed by atoms with E-state index in [9.17, 15) is 0 Å². The summed E-state index contributed by atoms with van der Waals surface area (Å²) in [7, 11) is -3.97. The van der Waals surface area contributed by atoms with E-state index in [0.29, 0.717) is 21.0 Å². The number of aromatic nitrogens is 3. The summed E-state index contributed by atoms with van der Waals surface area (Å²) in [6.45, 7) is 0. The predicted molar refractivity (Wildman–Crippen MR) is 247 cm³/mol. The zero-order valence-electron chi connectivity index (χ0n) is 33.3. The van der Waals surface area contributed by atoms with Crippen molar-refractivity contribution in [2.75, 3.05) is 0 Å². The molecule has 0 amide bonds. The van der Waals surface area contributed by atoms with Gasteiger partial charge in [-0.05, 0) is 85.3 Å². The van der Waals surface area contributed by atoms with E-state index in [0.717, 1.165) is 89.1 Å². The minimum Gasteiger partial charge on any atom is -0.264 e. The van der Waals surface area contributed by atoms with Crippen LogP contribution >= 0.6 is 0 Å². The Morgan fingerprint density at radius 1 is 0.403 bits per heavy atom. The van der Waals surface area contributed by atoms with E-state index in [1.165, 1.54) is 0 Å². The van der Waals surface area contributed by atoms with E-state index in [4.69, 9.17) is 9.97 Å². The molecule has 1 spiro atoms. The van der Waals surface area contributed by atoms with Crippen molar-refractivity contribution in [2.45, 2.75) is 15.2 Å². The van der Waals surface area contributed by atoms with Gasteiger partial charge in [-0.15, -0.1) is 0 Å². The van der Waals surface area contributed by atoms with Crippen molar-refractivity contribution in [3.05, 3.63) is 235 Å². The molecule has 1 unspecified atom stereocenters. The zero-order valence-corrected chi connectivity index (χ0v) is 34.1. The Bertz CT molecular complexity index is 3530. The minimum atomic E-state index is -3.97. The minimum absolute atomic E-state index is 0.306. The highest BCUT2D eigenvalue weighted by Crippen LogP contribution is 2.60. The van der Waals surface area contributed by atoms with Gasteiger partial charge in [0.15, 0.2) is 5.82 Å². The van der Waals surface area contributed by atoms with Crippen LogP contribution < -0.4 is 0 Å². The Kier molecular flexibility index (Phi) is 8.08. The number of hydrogen-bond donors (Lipinski definition) is 0. The average Bonchev–Trinajstić information content (AvgIpc) is 3.45. The van der Waals surface area contributed by atoms with Crippen molar-refractivity contribution in [3.8, 4) is 67.3 Å². The van der Waals surface area contributed by atoms with E-state index in [-0.39, 0.29) is 0 Å². The third-order valence-electron chi connectivity index (χ3n) is 12.6. The Hall–Kier alpha value is -7.80. The molecular weight excluding hydrogens is 779 g/mol. The van der Waals surface area contributed by atoms with Crippen LogP contribution in [0.15, 0.2) is 222 Å². The highest BCUT2D eigenvalue weighted by Gasteiger charge is 2.52. The van der Waals surface area contributed by atoms with Crippen molar-refractivity contribution in [1.29, 1.82) is 0 Å². The Morgan fingerprint density at radius 2 is 1.00 bits per heavy atom. The van der Waals surface area contributed by atoms with E-state index >= 15 is 8.42 Å². The molecule has 12 rings (SSSR count). The van der Waals surface area contributed by atoms with Crippen LogP contribution in [0.3, 0.4) is 0 Å². The molecule has 0 bridgehead atoms. The van der Waals surface area contributed by atoms with Crippen LogP contribution in [0.1, 0.15) is 22.3 Å². The smallest absolute Gasteiger partial charge is 0.207 e. The standard InChI is InChI=1S/C56H35N3O2S/c60-62(61)53-23-11-10-22-48(53)56(49-31-29-37-13-4-5-17-42(37)54(49)62)47-21-9-8-20-45(47)43-18-6-7-19-44(43)46-30-28-40(33-50(46)56)55-58-51(38-14-2-1-3-15-38)34-52(59-55)39-26-24-36(25-27-39)41-16-12-32-57-35-41/h1-35H. The van der Waals surface area contributed by atoms with Crippen LogP contribution in [0.2, 0.25) is 0 Å². The number of sulfone groups is 1. The topological polar surface area (TPSA) is 72.8 Å². The summed E-state index contributed by atoms with van der Waals surface area (Å²) in [5.41, 5.74) is 13.0. The van der Waals surface area contributed by atoms with Crippen molar-refractivity contribution in [1.82, 2.24) is 15.0 Å². The quantitative estimate of drug-likeness (QED) is 0.177. The first-order valence-corrected chi connectivity index (χ1v) is 22.1. The molecule has 62 heavy (non-hydrogen) atoms. The van der Waals surface area contributed by atoms with Crippen molar-refractivity contribution in [3.63, 3.8) is 0 Å². The van der Waals surface area contributed by atoms with Crippen molar-refractivity contribution < 1.29 is 8.42 Å². The van der Waals surface area contributed by atoms with E-state index < -0.39 is 15.3 Å². The second-order valence-electron chi connectivity index (χ2n) is 15.9. The van der Waals surface area contributed by atoms with Gasteiger partial charge in [0.05, 0.1) is 26.6 Å². The number of pyridine rings is 1. The molecule has 1 aliphatic carbocycles. The van der Waals surface area contributed by atoms with E-state index in [1.807, 2.05) is 79.0 Å². The first-order valence-electron chi connectivity index (χ1n) is 20.7. The predicted octanol–water partition coefficient (Wildman–Crippen LogP) is 12.9. The monoisotopic (exact) mass is 813 g/mol. The molecule has 0 saturated carbocycles. The van der Waals surface area contributed by atoms with Crippen molar-refractivity contribution in [2.24, 2.45) is 0 Å². The summed E-state index contributed by atoms with van der Waals surface area (Å²) in [4.78, 5) is 15.6. The highest BCUT2D eigenvalue weighted by atomic mass is 32.2. The lowest BCUT2D eigenvalue weighted by atomic mass is 9.62. The fourth-order valence-electron chi connectivity index (χ4n) is 9.89. The van der Waals surface area contributed by atoms with Gasteiger partial charge in [-0.3, -0.25) is 4.98 Å². The second kappa shape index (κ2) is 13.9. The van der Waals surface area contributed by atoms with Gasteiger partial charge in [-0.1, -0.05) is 176 Å². The molecule has 10 aromatic rings. The lowest BCUT2D eigenvalue weighted by Gasteiger charge is -2.43. The van der Waals surface area contributed by atoms with E-state index in [2.05, 4.69) is 126 Å². The van der Waals surface area contributed by atoms with Gasteiger partial charge in [0.25, 0.3) is 0 Å². The first kappa shape index (κ1) is 36.1. The SMILES string of the molecule is O=S1(=O)c2ccccc2C2(c3ccccc3-c3ccccc3-c3ccc(-c4nc(-c5ccccc5)cc(-c5ccc(-c6cccnc6)cc5)n4)cc32)c2ccc3ccccc3c21. The number of nitrogens with zero attached hydrogens (tertiary/aromatic N) is 3. The number of benzene rings is 8. The zero-order chi connectivity index (χ0) is 41.4. The van der Waals surface area contributed by atoms with Crippen LogP contribution in [0.4, 0.5) is 0 Å². The molecule has 0 saturated heterocycles. The normalized spacial score (nSPS) is 15.4. The maximum Gasteiger partial charge on any atom is 0.207 e. The van der Waals surface area contributed by atoms with Gasteiger partial charge in [0.2, 0.25) is 9.84 Å². The lowest BCUT2D eigenvalue weighted by molar-refractivity contribution is 0.581. The van der Waals surface area contributed by atoms with Crippen LogP contribution in [-0.2, 0) is 15.3 Å². The van der Waals surface area contributed by atoms with Gasteiger partial charge < -0.3 is 0 Å². The van der Waals surface area contributed by atoms with Crippen LogP contribution in [0.5, 0.6) is 0 Å². The molecular formula is C56H35N3O2S. The Labute approximate surface area is 359 Å². The van der Waals surface area contributed by atoms with Crippen LogP contribution in [-0.4, -0.2) is 23.4 Å². The summed E-state index contributed by atoms with van der Waals surface area (Å²) in [5, 5.41) is 1.57. The molecule has 2 aromatic heterocycles. The van der Waals surface area contributed by atoms with Gasteiger partial charge in [-0.25, -0.2) is 18.4 Å². The van der Waals surface area contributed by atoms with Gasteiger partial charge in [0, 0.05) is 34.5 Å². The fourth-order valence-corrected chi connectivity index (χ4v) is 11.9. The number of rotatable bonds is 4. The third kappa shape index (κ3) is 5.33. The van der Waals surface area contributed by atoms with Gasteiger partial charge in [0.1, 0.15) is 0 Å². The maximum absolute atomic E-state index is 15.2. The molecule has 292 valence electrons. The summed E-state index contributed by atoms with van der Waals surface area (Å²) in [6, 6.07) is 67.7. The summed E-state index contributed by atoms with van der Waals surface area (Å²) < 4.78 is 30.3. The Balaban J connectivity index is 1.18. The number of fused-ring (bicyclic) bond motifs is 13. The van der Waals surface area contributed by atoms with Crippen LogP contribution in [0.25, 0.3) is 78.1 Å². The second-order valence-corrected chi connectivity index (χ2v) is 17.8. The Morgan fingerprint density at radius 3 is 1.76 bits per heavy atom. The third-order valence-corrected chi connectivity index (χ3v) is 14.5. The molecule has 5 nitrogen and oxygen atoms in total. The van der Waals surface area contributed by atoms with Gasteiger partial charge >= 0.3 is 0 Å². The molecule has 0 fully saturated rings. The molecule has 0 radical (unpaired) electrons. The first-order chi connectivity index (χ1) is 30.5. The molecule has 0 N–H and O–H groups in total. The molecule has 8 aromatic carbocycles. The molecule has 1 aliphatic heterocycles. The maximum atomic E-state index is 15.2. The molecule has 3 heterocycles. The number of hydrogen-bond acceptors (Lipinski definition) is 5. The fraction of sp³-hybridized carbons (Fsp3) is 0.0179. The lowest BCUT2D eigenvalue weighted by Crippen LogP contribution is -2.38. The highest BCUT2D eigenvalue weighted by molar-refractivity contribution is 7.92. The van der Waals surface area contributed by atoms with E-state index in [1.54, 1.807) is 12.3 Å². The van der Waals surface area contributed by atoms with Crippen molar-refractivity contribution >= 4 is 20.6 Å². The molecule has 6 heteroatoms. The summed E-state index contributed by atoms with van der Waals surface area (Å²) in [6.07, 6.45) is 3.65.